The predicted molar refractivity (Wildman–Crippen MR) is 68.2 cm³/mol. The zero-order valence-corrected chi connectivity index (χ0v) is 9.94. The fourth-order valence-corrected chi connectivity index (χ4v) is 1.70. The molecule has 2 aromatic rings. The molecule has 0 aliphatic rings. The van der Waals surface area contributed by atoms with E-state index in [1.165, 1.54) is 12.1 Å². The maximum absolute atomic E-state index is 13.0. The van der Waals surface area contributed by atoms with Gasteiger partial charge in [-0.2, -0.15) is 0 Å². The Hall–Kier alpha value is -2.23. The molecule has 94 valence electrons. The summed E-state index contributed by atoms with van der Waals surface area (Å²) in [6, 6.07) is 9.06. The Kier molecular flexibility index (Phi) is 3.37. The minimum atomic E-state index is -0.464. The van der Waals surface area contributed by atoms with E-state index < -0.39 is 5.82 Å². The lowest BCUT2D eigenvalue weighted by Crippen LogP contribution is -2.00. The molecule has 0 aromatic heterocycles. The summed E-state index contributed by atoms with van der Waals surface area (Å²) in [4.78, 5) is 0. The molecule has 3 nitrogen and oxygen atoms in total. The van der Waals surface area contributed by atoms with Gasteiger partial charge in [0.1, 0.15) is 17.3 Å². The average Bonchev–Trinajstić information content (AvgIpc) is 2.29. The molecular formula is C14H14FNO2. The van der Waals surface area contributed by atoms with Crippen molar-refractivity contribution < 1.29 is 14.6 Å². The van der Waals surface area contributed by atoms with Gasteiger partial charge in [0.05, 0.1) is 0 Å². The van der Waals surface area contributed by atoms with Gasteiger partial charge >= 0.3 is 0 Å². The number of hydrogen-bond acceptors (Lipinski definition) is 3. The third-order valence-corrected chi connectivity index (χ3v) is 2.64. The number of nitrogens with one attached hydrogen (secondary N) is 1. The van der Waals surface area contributed by atoms with Crippen LogP contribution in [0.3, 0.4) is 0 Å². The average molecular weight is 247 g/mol. The fraction of sp³-hybridized carbons (Fsp3) is 0.143. The highest BCUT2D eigenvalue weighted by Gasteiger charge is 2.01. The quantitative estimate of drug-likeness (QED) is 0.730. The number of rotatable bonds is 3. The Morgan fingerprint density at radius 2 is 1.89 bits per heavy atom. The van der Waals surface area contributed by atoms with E-state index in [1.54, 1.807) is 25.1 Å². The van der Waals surface area contributed by atoms with E-state index in [1.807, 2.05) is 0 Å². The lowest BCUT2D eigenvalue weighted by Gasteiger charge is -2.08. The second kappa shape index (κ2) is 4.96. The summed E-state index contributed by atoms with van der Waals surface area (Å²) in [6.07, 6.45) is 0. The van der Waals surface area contributed by atoms with Crippen LogP contribution in [0.5, 0.6) is 11.5 Å². The summed E-state index contributed by atoms with van der Waals surface area (Å²) in [7, 11) is 0. The van der Waals surface area contributed by atoms with Crippen LogP contribution in [0.2, 0.25) is 0 Å². The molecule has 0 aliphatic carbocycles. The zero-order chi connectivity index (χ0) is 13.1. The molecule has 0 fully saturated rings. The minimum absolute atomic E-state index is 0.0892. The SMILES string of the molecule is Cc1cc(NCc2cc(O)cc(F)c2)ccc1O. The molecule has 2 rings (SSSR count). The van der Waals surface area contributed by atoms with Gasteiger partial charge in [0.2, 0.25) is 0 Å². The molecule has 0 aliphatic heterocycles. The number of halogens is 1. The summed E-state index contributed by atoms with van der Waals surface area (Å²) >= 11 is 0. The molecule has 0 radical (unpaired) electrons. The zero-order valence-electron chi connectivity index (χ0n) is 9.94. The highest BCUT2D eigenvalue weighted by atomic mass is 19.1. The minimum Gasteiger partial charge on any atom is -0.508 e. The van der Waals surface area contributed by atoms with E-state index in [0.29, 0.717) is 12.1 Å². The van der Waals surface area contributed by atoms with Crippen molar-refractivity contribution >= 4 is 5.69 Å². The first-order chi connectivity index (χ1) is 8.54. The molecule has 0 bridgehead atoms. The standard InChI is InChI=1S/C14H14FNO2/c1-9-4-12(2-3-14(9)18)16-8-10-5-11(15)7-13(17)6-10/h2-7,16-18H,8H2,1H3. The monoisotopic (exact) mass is 247 g/mol. The first-order valence-corrected chi connectivity index (χ1v) is 5.56. The van der Waals surface area contributed by atoms with Crippen LogP contribution < -0.4 is 5.32 Å². The summed E-state index contributed by atoms with van der Waals surface area (Å²) in [5.74, 6) is -0.314. The highest BCUT2D eigenvalue weighted by molar-refractivity contribution is 5.50. The van der Waals surface area contributed by atoms with E-state index in [0.717, 1.165) is 17.3 Å². The van der Waals surface area contributed by atoms with Gasteiger partial charge in [-0.25, -0.2) is 4.39 Å². The van der Waals surface area contributed by atoms with E-state index in [4.69, 9.17) is 0 Å². The largest absolute Gasteiger partial charge is 0.508 e. The maximum atomic E-state index is 13.0. The van der Waals surface area contributed by atoms with Crippen molar-refractivity contribution in [3.05, 3.63) is 53.3 Å². The molecule has 2 aromatic carbocycles. The summed E-state index contributed by atoms with van der Waals surface area (Å²) in [6.45, 7) is 2.20. The number of phenols is 2. The van der Waals surface area contributed by atoms with Gasteiger partial charge in [-0.3, -0.25) is 0 Å². The highest BCUT2D eigenvalue weighted by Crippen LogP contribution is 2.21. The van der Waals surface area contributed by atoms with Crippen LogP contribution in [0.15, 0.2) is 36.4 Å². The third kappa shape index (κ3) is 2.91. The Morgan fingerprint density at radius 1 is 1.11 bits per heavy atom. The van der Waals surface area contributed by atoms with Crippen LogP contribution in [0, 0.1) is 12.7 Å². The first kappa shape index (κ1) is 12.2. The molecule has 0 saturated carbocycles. The summed E-state index contributed by atoms with van der Waals surface area (Å²) in [5, 5.41) is 21.8. The van der Waals surface area contributed by atoms with Crippen molar-refractivity contribution in [1.29, 1.82) is 0 Å². The number of phenolic OH excluding ortho intramolecular Hbond substituents is 2. The molecule has 0 amide bonds. The lowest BCUT2D eigenvalue weighted by atomic mass is 10.1. The number of benzene rings is 2. The molecule has 3 N–H and O–H groups in total. The summed E-state index contributed by atoms with van der Waals surface area (Å²) < 4.78 is 13.0. The fourth-order valence-electron chi connectivity index (χ4n) is 1.70. The van der Waals surface area contributed by atoms with E-state index in [2.05, 4.69) is 5.32 Å². The van der Waals surface area contributed by atoms with Gasteiger partial charge in [0, 0.05) is 18.3 Å². The number of aryl methyl sites for hydroxylation is 1. The van der Waals surface area contributed by atoms with Crippen LogP contribution in [-0.2, 0) is 6.54 Å². The maximum Gasteiger partial charge on any atom is 0.127 e. The number of aromatic hydroxyl groups is 2. The van der Waals surface area contributed by atoms with Crippen LogP contribution in [0.25, 0.3) is 0 Å². The molecule has 0 atom stereocenters. The second-order valence-corrected chi connectivity index (χ2v) is 4.17. The van der Waals surface area contributed by atoms with Gasteiger partial charge < -0.3 is 15.5 Å². The predicted octanol–water partition coefficient (Wildman–Crippen LogP) is 3.16. The van der Waals surface area contributed by atoms with Crippen molar-refractivity contribution in [3.8, 4) is 11.5 Å². The van der Waals surface area contributed by atoms with E-state index in [-0.39, 0.29) is 11.5 Å². The molecule has 18 heavy (non-hydrogen) atoms. The summed E-state index contributed by atoms with van der Waals surface area (Å²) in [5.41, 5.74) is 2.24. The van der Waals surface area contributed by atoms with E-state index >= 15 is 0 Å². The topological polar surface area (TPSA) is 52.5 Å². The van der Waals surface area contributed by atoms with Crippen molar-refractivity contribution in [2.24, 2.45) is 0 Å². The second-order valence-electron chi connectivity index (χ2n) is 4.17. The van der Waals surface area contributed by atoms with Gasteiger partial charge in [0.15, 0.2) is 0 Å². The van der Waals surface area contributed by atoms with Crippen molar-refractivity contribution in [1.82, 2.24) is 0 Å². The smallest absolute Gasteiger partial charge is 0.127 e. The van der Waals surface area contributed by atoms with Gasteiger partial charge in [0.25, 0.3) is 0 Å². The lowest BCUT2D eigenvalue weighted by molar-refractivity contribution is 0.468. The van der Waals surface area contributed by atoms with Crippen LogP contribution in [0.4, 0.5) is 10.1 Å². The Labute approximate surface area is 105 Å². The normalized spacial score (nSPS) is 10.3. The van der Waals surface area contributed by atoms with Crippen LogP contribution in [-0.4, -0.2) is 10.2 Å². The van der Waals surface area contributed by atoms with Crippen LogP contribution in [0.1, 0.15) is 11.1 Å². The van der Waals surface area contributed by atoms with Gasteiger partial charge in [-0.1, -0.05) is 0 Å². The molecule has 0 unspecified atom stereocenters. The van der Waals surface area contributed by atoms with Gasteiger partial charge in [-0.15, -0.1) is 0 Å². The van der Waals surface area contributed by atoms with Gasteiger partial charge in [-0.05, 0) is 48.4 Å². The van der Waals surface area contributed by atoms with Crippen molar-refractivity contribution in [2.45, 2.75) is 13.5 Å². The molecule has 0 saturated heterocycles. The molecule has 0 spiro atoms. The Morgan fingerprint density at radius 3 is 2.56 bits per heavy atom. The molecule has 4 heteroatoms. The van der Waals surface area contributed by atoms with Crippen LogP contribution >= 0.6 is 0 Å². The van der Waals surface area contributed by atoms with E-state index in [9.17, 15) is 14.6 Å². The number of hydrogen-bond donors (Lipinski definition) is 3. The van der Waals surface area contributed by atoms with Crippen molar-refractivity contribution in [2.75, 3.05) is 5.32 Å². The van der Waals surface area contributed by atoms with Crippen molar-refractivity contribution in [3.63, 3.8) is 0 Å². The first-order valence-electron chi connectivity index (χ1n) is 5.56. The Bertz CT molecular complexity index is 549. The Balaban J connectivity index is 2.08. The third-order valence-electron chi connectivity index (χ3n) is 2.64. The number of anilines is 1. The molecular weight excluding hydrogens is 233 g/mol. The molecule has 0 heterocycles.